The number of nitrogens with zero attached hydrogens (tertiary/aromatic N) is 3. The highest BCUT2D eigenvalue weighted by atomic mass is 16.5. The van der Waals surface area contributed by atoms with E-state index in [0.717, 1.165) is 30.6 Å². The molecule has 26 heavy (non-hydrogen) atoms. The summed E-state index contributed by atoms with van der Waals surface area (Å²) in [6.07, 6.45) is 6.17. The zero-order valence-corrected chi connectivity index (χ0v) is 15.0. The normalized spacial score (nSPS) is 17.0. The van der Waals surface area contributed by atoms with Crippen molar-refractivity contribution in [2.24, 2.45) is 13.0 Å². The summed E-state index contributed by atoms with van der Waals surface area (Å²) < 4.78 is 7.25. The quantitative estimate of drug-likeness (QED) is 0.838. The average molecular weight is 353 g/mol. The topological polar surface area (TPSA) is 64.4 Å². The van der Waals surface area contributed by atoms with Crippen LogP contribution in [0.25, 0.3) is 0 Å². The molecule has 0 atom stereocenters. The van der Waals surface area contributed by atoms with Gasteiger partial charge in [-0.1, -0.05) is 18.2 Å². The average Bonchev–Trinajstić information content (AvgIpc) is 3.14. The summed E-state index contributed by atoms with van der Waals surface area (Å²) in [5.41, 5.74) is 2.12. The van der Waals surface area contributed by atoms with Gasteiger partial charge in [-0.25, -0.2) is 4.98 Å². The summed E-state index contributed by atoms with van der Waals surface area (Å²) in [5.74, 6) is 1.70. The molecule has 6 nitrogen and oxygen atoms in total. The third-order valence-corrected chi connectivity index (χ3v) is 5.41. The fraction of sp³-hybridized carbons (Fsp3) is 0.450. The predicted octanol–water partition coefficient (Wildman–Crippen LogP) is 1.74. The number of carbonyl (C=O) groups is 1. The van der Waals surface area contributed by atoms with E-state index in [9.17, 15) is 9.59 Å². The molecule has 3 heterocycles. The zero-order chi connectivity index (χ0) is 18.1. The molecule has 0 amide bonds. The van der Waals surface area contributed by atoms with Crippen LogP contribution in [-0.4, -0.2) is 35.0 Å². The van der Waals surface area contributed by atoms with Gasteiger partial charge in [0.05, 0.1) is 6.61 Å². The summed E-state index contributed by atoms with van der Waals surface area (Å²) in [6.45, 7) is 2.08. The molecule has 0 N–H and O–H groups in total. The zero-order valence-electron chi connectivity index (χ0n) is 15.0. The fourth-order valence-corrected chi connectivity index (χ4v) is 3.87. The number of ether oxygens (including phenoxy) is 1. The number of Topliss-reactive ketones (excluding diaryl/α,β-unsaturated/α-hetero) is 1. The number of rotatable bonds is 4. The van der Waals surface area contributed by atoms with E-state index in [1.807, 2.05) is 17.0 Å². The molecule has 0 spiro atoms. The molecular formula is C20H23N3O3. The Balaban J connectivity index is 1.41. The molecule has 1 fully saturated rings. The number of carbonyl (C=O) groups excluding carboxylic acids is 1. The monoisotopic (exact) mass is 353 g/mol. The number of fused-ring (bicyclic) bond motifs is 1. The summed E-state index contributed by atoms with van der Waals surface area (Å²) in [6, 6.07) is 6.08. The molecule has 0 unspecified atom stereocenters. The third-order valence-electron chi connectivity index (χ3n) is 5.41. The lowest BCUT2D eigenvalue weighted by atomic mass is 9.88. The van der Waals surface area contributed by atoms with Crippen LogP contribution in [0.15, 0.2) is 35.4 Å². The SMILES string of the molecule is Cn1ccnc(N2CCC(C(=O)Cc3cccc4c3OCC4)CC2)c1=O. The first kappa shape index (κ1) is 16.8. The standard InChI is InChI=1S/C20H23N3O3/c1-22-11-8-21-19(20(22)25)23-9-5-14(6-10-23)17(24)13-16-4-2-3-15-7-12-26-18(15)16/h2-4,8,11,14H,5-7,9-10,12-13H2,1H3. The number of hydrogen-bond donors (Lipinski definition) is 0. The Morgan fingerprint density at radius 3 is 2.92 bits per heavy atom. The van der Waals surface area contributed by atoms with Crippen molar-refractivity contribution in [3.63, 3.8) is 0 Å². The molecule has 4 rings (SSSR count). The van der Waals surface area contributed by atoms with Crippen molar-refractivity contribution in [1.29, 1.82) is 0 Å². The van der Waals surface area contributed by atoms with Gasteiger partial charge in [-0.3, -0.25) is 9.59 Å². The second-order valence-corrected chi connectivity index (χ2v) is 7.08. The van der Waals surface area contributed by atoms with Gasteiger partial charge in [0.25, 0.3) is 5.56 Å². The Labute approximate surface area is 152 Å². The maximum atomic E-state index is 12.8. The minimum Gasteiger partial charge on any atom is -0.493 e. The first-order valence-electron chi connectivity index (χ1n) is 9.16. The smallest absolute Gasteiger partial charge is 0.293 e. The van der Waals surface area contributed by atoms with Crippen LogP contribution in [0.5, 0.6) is 5.75 Å². The van der Waals surface area contributed by atoms with E-state index < -0.39 is 0 Å². The van der Waals surface area contributed by atoms with Crippen LogP contribution < -0.4 is 15.2 Å². The number of piperidine rings is 1. The fourth-order valence-electron chi connectivity index (χ4n) is 3.87. The van der Waals surface area contributed by atoms with E-state index in [1.165, 1.54) is 10.1 Å². The lowest BCUT2D eigenvalue weighted by molar-refractivity contribution is -0.122. The van der Waals surface area contributed by atoms with Gasteiger partial charge in [-0.2, -0.15) is 0 Å². The molecule has 136 valence electrons. The molecule has 6 heteroatoms. The number of aromatic nitrogens is 2. The molecule has 2 aromatic rings. The molecule has 1 saturated heterocycles. The lowest BCUT2D eigenvalue weighted by Gasteiger charge is -2.31. The van der Waals surface area contributed by atoms with Gasteiger partial charge in [0, 0.05) is 56.9 Å². The highest BCUT2D eigenvalue weighted by Crippen LogP contribution is 2.31. The van der Waals surface area contributed by atoms with Crippen molar-refractivity contribution >= 4 is 11.6 Å². The predicted molar refractivity (Wildman–Crippen MR) is 98.8 cm³/mol. The van der Waals surface area contributed by atoms with E-state index in [-0.39, 0.29) is 17.3 Å². The van der Waals surface area contributed by atoms with Gasteiger partial charge in [-0.15, -0.1) is 0 Å². The minimum absolute atomic E-state index is 0.0380. The molecule has 2 aliphatic rings. The maximum Gasteiger partial charge on any atom is 0.293 e. The Morgan fingerprint density at radius 1 is 1.31 bits per heavy atom. The van der Waals surface area contributed by atoms with Crippen LogP contribution in [0.2, 0.25) is 0 Å². The van der Waals surface area contributed by atoms with Gasteiger partial charge in [-0.05, 0) is 18.4 Å². The van der Waals surface area contributed by atoms with Crippen molar-refractivity contribution in [2.45, 2.75) is 25.7 Å². The van der Waals surface area contributed by atoms with Crippen molar-refractivity contribution in [3.8, 4) is 5.75 Å². The number of hydrogen-bond acceptors (Lipinski definition) is 5. The van der Waals surface area contributed by atoms with Crippen LogP contribution in [0.1, 0.15) is 24.0 Å². The van der Waals surface area contributed by atoms with Gasteiger partial charge in [0.15, 0.2) is 5.82 Å². The van der Waals surface area contributed by atoms with E-state index in [0.29, 0.717) is 31.9 Å². The molecule has 0 radical (unpaired) electrons. The van der Waals surface area contributed by atoms with Crippen LogP contribution >= 0.6 is 0 Å². The first-order chi connectivity index (χ1) is 12.6. The molecule has 0 saturated carbocycles. The molecular weight excluding hydrogens is 330 g/mol. The van der Waals surface area contributed by atoms with Crippen molar-refractivity contribution < 1.29 is 9.53 Å². The molecule has 2 aliphatic heterocycles. The van der Waals surface area contributed by atoms with Crippen LogP contribution in [0.3, 0.4) is 0 Å². The Morgan fingerprint density at radius 2 is 2.12 bits per heavy atom. The van der Waals surface area contributed by atoms with E-state index in [4.69, 9.17) is 4.74 Å². The Hall–Kier alpha value is -2.63. The van der Waals surface area contributed by atoms with Gasteiger partial charge >= 0.3 is 0 Å². The maximum absolute atomic E-state index is 12.8. The van der Waals surface area contributed by atoms with Gasteiger partial charge in [0.2, 0.25) is 0 Å². The summed E-state index contributed by atoms with van der Waals surface area (Å²) in [4.78, 5) is 31.2. The minimum atomic E-state index is -0.0886. The van der Waals surface area contributed by atoms with Crippen LogP contribution in [0.4, 0.5) is 5.82 Å². The number of ketones is 1. The Bertz CT molecular complexity index is 882. The van der Waals surface area contributed by atoms with E-state index >= 15 is 0 Å². The second kappa shape index (κ2) is 6.94. The van der Waals surface area contributed by atoms with Gasteiger partial charge in [0.1, 0.15) is 11.5 Å². The largest absolute Gasteiger partial charge is 0.493 e. The lowest BCUT2D eigenvalue weighted by Crippen LogP contribution is -2.40. The number of benzene rings is 1. The van der Waals surface area contributed by atoms with Crippen molar-refractivity contribution in [2.75, 3.05) is 24.6 Å². The number of aryl methyl sites for hydroxylation is 1. The molecule has 1 aromatic carbocycles. The number of anilines is 1. The van der Waals surface area contributed by atoms with Gasteiger partial charge < -0.3 is 14.2 Å². The summed E-state index contributed by atoms with van der Waals surface area (Å²) >= 11 is 0. The summed E-state index contributed by atoms with van der Waals surface area (Å²) in [5, 5.41) is 0. The number of para-hydroxylation sites is 1. The molecule has 1 aromatic heterocycles. The van der Waals surface area contributed by atoms with Crippen molar-refractivity contribution in [3.05, 3.63) is 52.1 Å². The van der Waals surface area contributed by atoms with Crippen molar-refractivity contribution in [1.82, 2.24) is 9.55 Å². The van der Waals surface area contributed by atoms with E-state index in [1.54, 1.807) is 19.4 Å². The van der Waals surface area contributed by atoms with E-state index in [2.05, 4.69) is 11.1 Å². The molecule has 0 bridgehead atoms. The Kier molecular flexibility index (Phi) is 4.49. The third kappa shape index (κ3) is 3.11. The summed E-state index contributed by atoms with van der Waals surface area (Å²) in [7, 11) is 1.73. The highest BCUT2D eigenvalue weighted by molar-refractivity contribution is 5.84. The van der Waals surface area contributed by atoms with Crippen LogP contribution in [0, 0.1) is 5.92 Å². The second-order valence-electron chi connectivity index (χ2n) is 7.08. The molecule has 0 aliphatic carbocycles. The highest BCUT2D eigenvalue weighted by Gasteiger charge is 2.28. The first-order valence-corrected chi connectivity index (χ1v) is 9.16. The van der Waals surface area contributed by atoms with Crippen LogP contribution in [-0.2, 0) is 24.7 Å².